The zero-order valence-electron chi connectivity index (χ0n) is 14.3. The first-order chi connectivity index (χ1) is 12.5. The van der Waals surface area contributed by atoms with Crippen LogP contribution in [0.15, 0.2) is 36.4 Å². The first-order valence-electron chi connectivity index (χ1n) is 7.88. The third-order valence-corrected chi connectivity index (χ3v) is 7.02. The lowest BCUT2D eigenvalue weighted by Gasteiger charge is -2.13. The number of methoxy groups -OCH3 is 1. The number of carbonyl (C=O) groups is 1. The van der Waals surface area contributed by atoms with Crippen LogP contribution in [0.2, 0.25) is 0 Å². The molecule has 0 atom stereocenters. The molecule has 0 N–H and O–H groups in total. The minimum atomic E-state index is -0.585. The van der Waals surface area contributed by atoms with Gasteiger partial charge in [0.15, 0.2) is 11.5 Å². The number of rotatable bonds is 5. The molecule has 1 aliphatic rings. The number of nitrogens with zero attached hydrogens (tertiary/aromatic N) is 1. The molecule has 1 fully saturated rings. The summed E-state index contributed by atoms with van der Waals surface area (Å²) in [6, 6.07) is 9.69. The van der Waals surface area contributed by atoms with Crippen LogP contribution in [0.5, 0.6) is 11.5 Å². The Hall–Kier alpha value is -2.19. The van der Waals surface area contributed by atoms with Crippen molar-refractivity contribution in [1.82, 2.24) is 0 Å². The van der Waals surface area contributed by atoms with Gasteiger partial charge in [-0.1, -0.05) is 6.07 Å². The van der Waals surface area contributed by atoms with Crippen LogP contribution in [0.3, 0.4) is 0 Å². The van der Waals surface area contributed by atoms with Gasteiger partial charge in [-0.2, -0.15) is 0 Å². The Balaban J connectivity index is 1.80. The van der Waals surface area contributed by atoms with Crippen molar-refractivity contribution in [3.8, 4) is 11.5 Å². The second-order valence-electron chi connectivity index (χ2n) is 5.63. The van der Waals surface area contributed by atoms with Gasteiger partial charge in [0.25, 0.3) is 5.69 Å². The van der Waals surface area contributed by atoms with E-state index in [2.05, 4.69) is 0 Å². The highest BCUT2D eigenvalue weighted by Gasteiger charge is 2.21. The summed E-state index contributed by atoms with van der Waals surface area (Å²) in [5, 5.41) is 10.9. The topological polar surface area (TPSA) is 78.7 Å². The third-order valence-electron chi connectivity index (χ3n) is 3.91. The average Bonchev–Trinajstić information content (AvgIpc) is 3.16. The number of esters is 1. The average molecular weight is 391 g/mol. The quantitative estimate of drug-likeness (QED) is 0.319. The molecular formula is C18H17NO5S2. The van der Waals surface area contributed by atoms with Gasteiger partial charge in [0.1, 0.15) is 0 Å². The molecule has 2 aromatic rings. The van der Waals surface area contributed by atoms with E-state index in [9.17, 15) is 14.9 Å². The van der Waals surface area contributed by atoms with Gasteiger partial charge in [-0.05, 0) is 36.8 Å². The van der Waals surface area contributed by atoms with E-state index in [-0.39, 0.29) is 11.3 Å². The molecule has 0 bridgehead atoms. The van der Waals surface area contributed by atoms with Gasteiger partial charge in [0, 0.05) is 23.1 Å². The number of aryl methyl sites for hydroxylation is 1. The number of nitro benzene ring substituents is 1. The van der Waals surface area contributed by atoms with Gasteiger partial charge < -0.3 is 9.47 Å². The van der Waals surface area contributed by atoms with Crippen molar-refractivity contribution in [3.63, 3.8) is 0 Å². The fraction of sp³-hybridized carbons (Fsp3) is 0.278. The maximum Gasteiger partial charge on any atom is 0.343 e. The molecule has 3 rings (SSSR count). The lowest BCUT2D eigenvalue weighted by molar-refractivity contribution is -0.385. The van der Waals surface area contributed by atoms with E-state index >= 15 is 0 Å². The van der Waals surface area contributed by atoms with Crippen molar-refractivity contribution in [2.24, 2.45) is 0 Å². The standard InChI is InChI=1S/C18H17NO5S2/c1-11-9-12(3-5-14(11)19(21)22)17(20)24-15-6-4-13(10-16(15)23-2)18-25-7-8-26-18/h3-6,9-10,18H,7-8H2,1-2H3. The molecule has 8 heteroatoms. The maximum absolute atomic E-state index is 12.4. The zero-order chi connectivity index (χ0) is 18.7. The van der Waals surface area contributed by atoms with Crippen molar-refractivity contribution >= 4 is 35.2 Å². The van der Waals surface area contributed by atoms with Crippen molar-refractivity contribution in [1.29, 1.82) is 0 Å². The molecular weight excluding hydrogens is 374 g/mol. The van der Waals surface area contributed by atoms with Crippen molar-refractivity contribution in [3.05, 3.63) is 63.2 Å². The molecule has 0 saturated carbocycles. The Morgan fingerprint density at radius 2 is 1.88 bits per heavy atom. The highest BCUT2D eigenvalue weighted by molar-refractivity contribution is 8.19. The minimum Gasteiger partial charge on any atom is -0.493 e. The molecule has 1 aliphatic heterocycles. The number of nitro groups is 1. The summed E-state index contributed by atoms with van der Waals surface area (Å²) in [7, 11) is 1.53. The normalized spacial score (nSPS) is 14.2. The van der Waals surface area contributed by atoms with Gasteiger partial charge in [-0.3, -0.25) is 10.1 Å². The van der Waals surface area contributed by atoms with Gasteiger partial charge >= 0.3 is 5.97 Å². The zero-order valence-corrected chi connectivity index (χ0v) is 15.9. The van der Waals surface area contributed by atoms with Crippen LogP contribution in [0, 0.1) is 17.0 Å². The Morgan fingerprint density at radius 1 is 1.15 bits per heavy atom. The first-order valence-corrected chi connectivity index (χ1v) is 9.97. The summed E-state index contributed by atoms with van der Waals surface area (Å²) in [6.45, 7) is 1.58. The number of thioether (sulfide) groups is 2. The Bertz CT molecular complexity index is 849. The highest BCUT2D eigenvalue weighted by atomic mass is 32.2. The summed E-state index contributed by atoms with van der Waals surface area (Å²) in [6.07, 6.45) is 0. The second-order valence-corrected chi connectivity index (χ2v) is 8.36. The van der Waals surface area contributed by atoms with Crippen LogP contribution >= 0.6 is 23.5 Å². The molecule has 0 aromatic heterocycles. The van der Waals surface area contributed by atoms with E-state index < -0.39 is 10.9 Å². The molecule has 26 heavy (non-hydrogen) atoms. The van der Waals surface area contributed by atoms with Gasteiger partial charge in [0.05, 0.1) is 22.2 Å². The molecule has 0 spiro atoms. The van der Waals surface area contributed by atoms with E-state index in [4.69, 9.17) is 9.47 Å². The van der Waals surface area contributed by atoms with Gasteiger partial charge in [-0.25, -0.2) is 4.79 Å². The lowest BCUT2D eigenvalue weighted by Crippen LogP contribution is -2.10. The van der Waals surface area contributed by atoms with Crippen LogP contribution in [0.25, 0.3) is 0 Å². The van der Waals surface area contributed by atoms with E-state index in [0.717, 1.165) is 17.1 Å². The largest absolute Gasteiger partial charge is 0.493 e. The lowest BCUT2D eigenvalue weighted by atomic mass is 10.1. The van der Waals surface area contributed by atoms with Crippen molar-refractivity contribution in [2.45, 2.75) is 11.5 Å². The summed E-state index contributed by atoms with van der Waals surface area (Å²) in [4.78, 5) is 22.8. The van der Waals surface area contributed by atoms with E-state index in [1.54, 1.807) is 13.0 Å². The summed E-state index contributed by atoms with van der Waals surface area (Å²) in [5.74, 6) is 2.47. The van der Waals surface area contributed by atoms with E-state index in [1.165, 1.54) is 25.3 Å². The number of hydrogen-bond acceptors (Lipinski definition) is 7. The van der Waals surface area contributed by atoms with Crippen LogP contribution in [-0.4, -0.2) is 29.5 Å². The Kier molecular flexibility index (Phi) is 5.73. The molecule has 2 aromatic carbocycles. The number of ether oxygens (including phenoxy) is 2. The molecule has 1 saturated heterocycles. The summed E-state index contributed by atoms with van der Waals surface area (Å²) >= 11 is 3.76. The van der Waals surface area contributed by atoms with Gasteiger partial charge in [0.2, 0.25) is 0 Å². The summed E-state index contributed by atoms with van der Waals surface area (Å²) in [5.41, 5.74) is 1.75. The Labute approximate surface area is 159 Å². The molecule has 136 valence electrons. The van der Waals surface area contributed by atoms with Crippen LogP contribution in [-0.2, 0) is 0 Å². The molecule has 0 aliphatic carbocycles. The fourth-order valence-corrected chi connectivity index (χ4v) is 5.45. The predicted octanol–water partition coefficient (Wildman–Crippen LogP) is 4.61. The second kappa shape index (κ2) is 8.01. The number of carbonyl (C=O) groups excluding carboxylic acids is 1. The molecule has 0 radical (unpaired) electrons. The van der Waals surface area contributed by atoms with Crippen molar-refractivity contribution < 1.29 is 19.2 Å². The highest BCUT2D eigenvalue weighted by Crippen LogP contribution is 2.47. The monoisotopic (exact) mass is 391 g/mol. The molecule has 6 nitrogen and oxygen atoms in total. The third kappa shape index (κ3) is 3.96. The van der Waals surface area contributed by atoms with E-state index in [0.29, 0.717) is 21.6 Å². The fourth-order valence-electron chi connectivity index (χ4n) is 2.61. The van der Waals surface area contributed by atoms with Crippen LogP contribution in [0.4, 0.5) is 5.69 Å². The molecule has 0 amide bonds. The smallest absolute Gasteiger partial charge is 0.343 e. The molecule has 1 heterocycles. The van der Waals surface area contributed by atoms with Crippen molar-refractivity contribution in [2.75, 3.05) is 18.6 Å². The summed E-state index contributed by atoms with van der Waals surface area (Å²) < 4.78 is 11.2. The maximum atomic E-state index is 12.4. The number of benzene rings is 2. The SMILES string of the molecule is COc1cc(C2SCCS2)ccc1OC(=O)c1ccc([N+](=O)[O-])c(C)c1. The van der Waals surface area contributed by atoms with E-state index in [1.807, 2.05) is 35.7 Å². The number of hydrogen-bond donors (Lipinski definition) is 0. The first kappa shape index (κ1) is 18.6. The van der Waals surface area contributed by atoms with Crippen LogP contribution in [0.1, 0.15) is 26.1 Å². The minimum absolute atomic E-state index is 0.0324. The van der Waals surface area contributed by atoms with Gasteiger partial charge in [-0.15, -0.1) is 23.5 Å². The predicted molar refractivity (Wildman–Crippen MR) is 103 cm³/mol. The molecule has 0 unspecified atom stereocenters. The Morgan fingerprint density at radius 3 is 2.50 bits per heavy atom. The van der Waals surface area contributed by atoms with Crippen LogP contribution < -0.4 is 9.47 Å².